The van der Waals surface area contributed by atoms with Crippen LogP contribution >= 0.6 is 0 Å². The van der Waals surface area contributed by atoms with E-state index in [9.17, 15) is 18.7 Å². The number of benzene rings is 1. The summed E-state index contributed by atoms with van der Waals surface area (Å²) in [7, 11) is 0. The SMILES string of the molecule is Cc1cc(F)c(C(=O)NCC(O)C2CCCC2)cc1F. The smallest absolute Gasteiger partial charge is 0.254 e. The average molecular weight is 283 g/mol. The molecule has 1 saturated carbocycles. The molecule has 1 aliphatic rings. The van der Waals surface area contributed by atoms with Crippen molar-refractivity contribution in [2.24, 2.45) is 5.92 Å². The van der Waals surface area contributed by atoms with Crippen molar-refractivity contribution in [1.82, 2.24) is 5.32 Å². The van der Waals surface area contributed by atoms with E-state index in [4.69, 9.17) is 0 Å². The topological polar surface area (TPSA) is 49.3 Å². The highest BCUT2D eigenvalue weighted by Gasteiger charge is 2.24. The molecule has 1 aliphatic carbocycles. The Morgan fingerprint density at radius 1 is 1.35 bits per heavy atom. The van der Waals surface area contributed by atoms with E-state index in [1.54, 1.807) is 0 Å². The lowest BCUT2D eigenvalue weighted by atomic mass is 10.0. The molecule has 2 N–H and O–H groups in total. The molecule has 1 fully saturated rings. The Morgan fingerprint density at radius 2 is 2.00 bits per heavy atom. The minimum atomic E-state index is -0.753. The molecule has 1 unspecified atom stereocenters. The van der Waals surface area contributed by atoms with E-state index in [1.165, 1.54) is 6.92 Å². The number of aryl methyl sites for hydroxylation is 1. The molecular formula is C15H19F2NO2. The predicted octanol–water partition coefficient (Wildman–Crippen LogP) is 2.55. The van der Waals surface area contributed by atoms with Crippen LogP contribution in [0.3, 0.4) is 0 Å². The van der Waals surface area contributed by atoms with Gasteiger partial charge in [0, 0.05) is 6.54 Å². The number of aliphatic hydroxyl groups excluding tert-OH is 1. The Morgan fingerprint density at radius 3 is 2.65 bits per heavy atom. The third-order valence-corrected chi connectivity index (χ3v) is 3.91. The molecule has 0 heterocycles. The number of carbonyl (C=O) groups excluding carboxylic acids is 1. The molecule has 0 aromatic heterocycles. The number of rotatable bonds is 4. The zero-order valence-electron chi connectivity index (χ0n) is 11.5. The molecule has 110 valence electrons. The van der Waals surface area contributed by atoms with E-state index in [0.29, 0.717) is 0 Å². The van der Waals surface area contributed by atoms with Gasteiger partial charge in [-0.05, 0) is 43.4 Å². The predicted molar refractivity (Wildman–Crippen MR) is 71.4 cm³/mol. The lowest BCUT2D eigenvalue weighted by Gasteiger charge is -2.18. The van der Waals surface area contributed by atoms with E-state index in [2.05, 4.69) is 5.32 Å². The van der Waals surface area contributed by atoms with Crippen LogP contribution in [0.25, 0.3) is 0 Å². The fourth-order valence-electron chi connectivity index (χ4n) is 2.62. The van der Waals surface area contributed by atoms with Gasteiger partial charge in [0.15, 0.2) is 0 Å². The van der Waals surface area contributed by atoms with Gasteiger partial charge in [0.1, 0.15) is 11.6 Å². The first-order valence-electron chi connectivity index (χ1n) is 6.91. The fraction of sp³-hybridized carbons (Fsp3) is 0.533. The van der Waals surface area contributed by atoms with E-state index in [0.717, 1.165) is 37.8 Å². The second kappa shape index (κ2) is 6.31. The van der Waals surface area contributed by atoms with Crippen LogP contribution in [0.2, 0.25) is 0 Å². The van der Waals surface area contributed by atoms with Crippen LogP contribution in [0.4, 0.5) is 8.78 Å². The summed E-state index contributed by atoms with van der Waals surface area (Å²) >= 11 is 0. The molecule has 1 atom stereocenters. The van der Waals surface area contributed by atoms with Gasteiger partial charge in [-0.1, -0.05) is 12.8 Å². The fourth-order valence-corrected chi connectivity index (χ4v) is 2.62. The van der Waals surface area contributed by atoms with Crippen LogP contribution < -0.4 is 5.32 Å². The van der Waals surface area contributed by atoms with Gasteiger partial charge in [0.25, 0.3) is 5.91 Å². The Kier molecular flexibility index (Phi) is 4.70. The molecule has 5 heteroatoms. The maximum Gasteiger partial charge on any atom is 0.254 e. The molecule has 0 saturated heterocycles. The van der Waals surface area contributed by atoms with Crippen molar-refractivity contribution < 1.29 is 18.7 Å². The van der Waals surface area contributed by atoms with Gasteiger partial charge in [-0.2, -0.15) is 0 Å². The summed E-state index contributed by atoms with van der Waals surface area (Å²) in [5, 5.41) is 12.4. The summed E-state index contributed by atoms with van der Waals surface area (Å²) in [6, 6.07) is 1.89. The van der Waals surface area contributed by atoms with Crippen molar-refractivity contribution >= 4 is 5.91 Å². The van der Waals surface area contributed by atoms with Gasteiger partial charge in [-0.15, -0.1) is 0 Å². The first kappa shape index (κ1) is 14.9. The highest BCUT2D eigenvalue weighted by Crippen LogP contribution is 2.27. The molecule has 0 aliphatic heterocycles. The Hall–Kier alpha value is -1.49. The zero-order valence-corrected chi connectivity index (χ0v) is 11.5. The standard InChI is InChI=1S/C15H19F2NO2/c1-9-6-13(17)11(7-12(9)16)15(20)18-8-14(19)10-4-2-3-5-10/h6-7,10,14,19H,2-5,8H2,1H3,(H,18,20). The quantitative estimate of drug-likeness (QED) is 0.892. The summed E-state index contributed by atoms with van der Waals surface area (Å²) < 4.78 is 27.0. The van der Waals surface area contributed by atoms with E-state index in [1.807, 2.05) is 0 Å². The first-order valence-corrected chi connectivity index (χ1v) is 6.91. The van der Waals surface area contributed by atoms with Crippen LogP contribution in [0, 0.1) is 24.5 Å². The second-order valence-corrected chi connectivity index (χ2v) is 5.40. The van der Waals surface area contributed by atoms with Crippen molar-refractivity contribution in [3.8, 4) is 0 Å². The van der Waals surface area contributed by atoms with Crippen LogP contribution in [-0.2, 0) is 0 Å². The van der Waals surface area contributed by atoms with Gasteiger partial charge in [-0.25, -0.2) is 8.78 Å². The number of halogens is 2. The molecule has 20 heavy (non-hydrogen) atoms. The summed E-state index contributed by atoms with van der Waals surface area (Å²) in [4.78, 5) is 11.8. The Balaban J connectivity index is 1.96. The summed E-state index contributed by atoms with van der Waals surface area (Å²) in [5.74, 6) is -1.88. The first-order chi connectivity index (χ1) is 9.49. The zero-order chi connectivity index (χ0) is 14.7. The number of nitrogens with one attached hydrogen (secondary N) is 1. The molecule has 0 spiro atoms. The highest BCUT2D eigenvalue weighted by atomic mass is 19.1. The van der Waals surface area contributed by atoms with E-state index >= 15 is 0 Å². The molecule has 0 bridgehead atoms. The third-order valence-electron chi connectivity index (χ3n) is 3.91. The largest absolute Gasteiger partial charge is 0.391 e. The summed E-state index contributed by atoms with van der Waals surface area (Å²) in [6.07, 6.45) is 3.45. The van der Waals surface area contributed by atoms with Crippen LogP contribution in [-0.4, -0.2) is 23.7 Å². The third kappa shape index (κ3) is 3.33. The molecule has 1 amide bonds. The van der Waals surface area contributed by atoms with Gasteiger partial charge in [0.2, 0.25) is 0 Å². The van der Waals surface area contributed by atoms with E-state index in [-0.39, 0.29) is 23.6 Å². The minimum absolute atomic E-state index is 0.0679. The van der Waals surface area contributed by atoms with Crippen molar-refractivity contribution in [2.45, 2.75) is 38.7 Å². The Labute approximate surface area is 117 Å². The maximum absolute atomic E-state index is 13.6. The molecular weight excluding hydrogens is 264 g/mol. The molecule has 1 aromatic carbocycles. The number of hydrogen-bond donors (Lipinski definition) is 2. The van der Waals surface area contributed by atoms with Crippen LogP contribution in [0.1, 0.15) is 41.6 Å². The average Bonchev–Trinajstić information content (AvgIpc) is 2.94. The second-order valence-electron chi connectivity index (χ2n) is 5.40. The van der Waals surface area contributed by atoms with E-state index < -0.39 is 23.6 Å². The van der Waals surface area contributed by atoms with Crippen molar-refractivity contribution in [1.29, 1.82) is 0 Å². The molecule has 0 radical (unpaired) electrons. The van der Waals surface area contributed by atoms with Crippen molar-refractivity contribution in [3.63, 3.8) is 0 Å². The van der Waals surface area contributed by atoms with Crippen LogP contribution in [0.15, 0.2) is 12.1 Å². The summed E-state index contributed by atoms with van der Waals surface area (Å²) in [5.41, 5.74) is -0.170. The van der Waals surface area contributed by atoms with Gasteiger partial charge >= 0.3 is 0 Å². The van der Waals surface area contributed by atoms with Crippen molar-refractivity contribution in [3.05, 3.63) is 34.9 Å². The summed E-state index contributed by atoms with van der Waals surface area (Å²) in [6.45, 7) is 1.50. The van der Waals surface area contributed by atoms with Crippen molar-refractivity contribution in [2.75, 3.05) is 6.54 Å². The normalized spacial score (nSPS) is 17.2. The van der Waals surface area contributed by atoms with Gasteiger partial charge < -0.3 is 10.4 Å². The minimum Gasteiger partial charge on any atom is -0.391 e. The van der Waals surface area contributed by atoms with Gasteiger partial charge in [-0.3, -0.25) is 4.79 Å². The Bertz CT molecular complexity index is 499. The van der Waals surface area contributed by atoms with Gasteiger partial charge in [0.05, 0.1) is 11.7 Å². The molecule has 1 aromatic rings. The number of carbonyl (C=O) groups is 1. The molecule has 2 rings (SSSR count). The maximum atomic E-state index is 13.6. The highest BCUT2D eigenvalue weighted by molar-refractivity contribution is 5.94. The lowest BCUT2D eigenvalue weighted by Crippen LogP contribution is -2.36. The van der Waals surface area contributed by atoms with Crippen LogP contribution in [0.5, 0.6) is 0 Å². The molecule has 3 nitrogen and oxygen atoms in total. The lowest BCUT2D eigenvalue weighted by molar-refractivity contribution is 0.0837. The number of aliphatic hydroxyl groups is 1. The monoisotopic (exact) mass is 283 g/mol. The number of hydrogen-bond acceptors (Lipinski definition) is 2. The number of amides is 1.